The van der Waals surface area contributed by atoms with Crippen LogP contribution in [0.15, 0.2) is 47.4 Å². The number of nitrogens with one attached hydrogen (secondary N) is 1. The van der Waals surface area contributed by atoms with Gasteiger partial charge in [-0.25, -0.2) is 12.8 Å². The van der Waals surface area contributed by atoms with Crippen LogP contribution in [0.1, 0.15) is 16.6 Å². The molecule has 2 aromatic carbocycles. The van der Waals surface area contributed by atoms with Crippen LogP contribution in [0, 0.1) is 5.82 Å². The van der Waals surface area contributed by atoms with E-state index in [4.69, 9.17) is 0 Å². The molecule has 0 spiro atoms. The topological polar surface area (TPSA) is 83.5 Å². The number of halogens is 1. The molecular formula is C17H14FNO4S2. The number of rotatable bonds is 4. The van der Waals surface area contributed by atoms with Gasteiger partial charge in [-0.1, -0.05) is 13.0 Å². The number of amides is 1. The molecule has 0 bridgehead atoms. The normalized spacial score (nSPS) is 11.6. The van der Waals surface area contributed by atoms with Crippen molar-refractivity contribution in [3.8, 4) is 5.75 Å². The minimum Gasteiger partial charge on any atom is -0.506 e. The molecule has 0 saturated heterocycles. The first-order chi connectivity index (χ1) is 11.8. The Morgan fingerprint density at radius 3 is 2.68 bits per heavy atom. The van der Waals surface area contributed by atoms with Gasteiger partial charge in [-0.15, -0.1) is 11.3 Å². The van der Waals surface area contributed by atoms with E-state index >= 15 is 0 Å². The number of hydrogen-bond acceptors (Lipinski definition) is 5. The molecule has 2 N–H and O–H groups in total. The summed E-state index contributed by atoms with van der Waals surface area (Å²) in [5.74, 6) is -1.33. The number of anilines is 1. The summed E-state index contributed by atoms with van der Waals surface area (Å²) in [5, 5.41) is 12.7. The molecular weight excluding hydrogens is 365 g/mol. The Hall–Kier alpha value is -2.45. The maximum atomic E-state index is 13.7. The predicted octanol–water partition coefficient (Wildman–Crippen LogP) is 3.79. The number of aromatic hydroxyl groups is 1. The Labute approximate surface area is 147 Å². The number of carbonyl (C=O) groups is 1. The Morgan fingerprint density at radius 2 is 2.00 bits per heavy atom. The summed E-state index contributed by atoms with van der Waals surface area (Å²) in [6, 6.07) is 9.68. The van der Waals surface area contributed by atoms with Crippen LogP contribution in [0.2, 0.25) is 0 Å². The maximum Gasteiger partial charge on any atom is 0.265 e. The fourth-order valence-electron chi connectivity index (χ4n) is 2.30. The Morgan fingerprint density at radius 1 is 1.24 bits per heavy atom. The van der Waals surface area contributed by atoms with E-state index in [2.05, 4.69) is 5.32 Å². The highest BCUT2D eigenvalue weighted by Gasteiger charge is 2.17. The lowest BCUT2D eigenvalue weighted by Gasteiger charge is -2.09. The van der Waals surface area contributed by atoms with E-state index < -0.39 is 21.6 Å². The molecule has 0 fully saturated rings. The standard InChI is InChI=1S/C17H14FNO4S2/c1-2-25(22,23)10-6-7-14(20)13(8-10)19-17(21)16-9-11-12(18)4-3-5-15(11)24-16/h3-9,20H,2H2,1H3,(H,19,21). The molecule has 5 nitrogen and oxygen atoms in total. The Bertz CT molecular complexity index is 1070. The molecule has 0 unspecified atom stereocenters. The molecule has 0 radical (unpaired) electrons. The first-order valence-corrected chi connectivity index (χ1v) is 9.84. The van der Waals surface area contributed by atoms with E-state index in [1.165, 1.54) is 37.3 Å². The molecule has 0 aliphatic carbocycles. The van der Waals surface area contributed by atoms with Gasteiger partial charge in [0.25, 0.3) is 5.91 Å². The zero-order valence-electron chi connectivity index (χ0n) is 13.1. The fraction of sp³-hybridized carbons (Fsp3) is 0.118. The zero-order valence-corrected chi connectivity index (χ0v) is 14.7. The summed E-state index contributed by atoms with van der Waals surface area (Å²) in [4.78, 5) is 12.7. The van der Waals surface area contributed by atoms with Crippen LogP contribution in [-0.2, 0) is 9.84 Å². The van der Waals surface area contributed by atoms with E-state index in [1.54, 1.807) is 12.1 Å². The highest BCUT2D eigenvalue weighted by Crippen LogP contribution is 2.31. The third kappa shape index (κ3) is 3.35. The van der Waals surface area contributed by atoms with Gasteiger partial charge in [-0.05, 0) is 36.4 Å². The van der Waals surface area contributed by atoms with Crippen molar-refractivity contribution in [2.24, 2.45) is 0 Å². The van der Waals surface area contributed by atoms with Crippen molar-refractivity contribution in [3.63, 3.8) is 0 Å². The van der Waals surface area contributed by atoms with Crippen molar-refractivity contribution >= 4 is 42.9 Å². The summed E-state index contributed by atoms with van der Waals surface area (Å²) < 4.78 is 38.2. The van der Waals surface area contributed by atoms with E-state index in [9.17, 15) is 22.7 Å². The van der Waals surface area contributed by atoms with Crippen molar-refractivity contribution in [1.29, 1.82) is 0 Å². The molecule has 0 aliphatic heterocycles. The van der Waals surface area contributed by atoms with Crippen molar-refractivity contribution < 1.29 is 22.7 Å². The smallest absolute Gasteiger partial charge is 0.265 e. The van der Waals surface area contributed by atoms with Gasteiger partial charge >= 0.3 is 0 Å². The predicted molar refractivity (Wildman–Crippen MR) is 95.6 cm³/mol. The van der Waals surface area contributed by atoms with E-state index in [0.29, 0.717) is 10.1 Å². The van der Waals surface area contributed by atoms with Crippen LogP contribution in [0.5, 0.6) is 5.75 Å². The highest BCUT2D eigenvalue weighted by molar-refractivity contribution is 7.91. The Balaban J connectivity index is 1.94. The van der Waals surface area contributed by atoms with Crippen LogP contribution < -0.4 is 5.32 Å². The van der Waals surface area contributed by atoms with Gasteiger partial charge in [-0.2, -0.15) is 0 Å². The lowest BCUT2D eigenvalue weighted by molar-refractivity contribution is 0.103. The second-order valence-corrected chi connectivity index (χ2v) is 8.66. The molecule has 0 atom stereocenters. The second-order valence-electron chi connectivity index (χ2n) is 5.30. The largest absolute Gasteiger partial charge is 0.506 e. The molecule has 0 aliphatic rings. The minimum atomic E-state index is -3.47. The van der Waals surface area contributed by atoms with Gasteiger partial charge in [0.15, 0.2) is 9.84 Å². The van der Waals surface area contributed by atoms with E-state index in [-0.39, 0.29) is 27.0 Å². The number of thiophene rings is 1. The minimum absolute atomic E-state index is 0.00508. The first-order valence-electron chi connectivity index (χ1n) is 7.37. The van der Waals surface area contributed by atoms with Crippen LogP contribution >= 0.6 is 11.3 Å². The number of phenolic OH excluding ortho intramolecular Hbond substituents is 1. The fourth-order valence-corrected chi connectivity index (χ4v) is 4.17. The number of sulfone groups is 1. The molecule has 0 saturated carbocycles. The SMILES string of the molecule is CCS(=O)(=O)c1ccc(O)c(NC(=O)c2cc3c(F)cccc3s2)c1. The van der Waals surface area contributed by atoms with Crippen LogP contribution in [-0.4, -0.2) is 25.2 Å². The molecule has 25 heavy (non-hydrogen) atoms. The third-order valence-corrected chi connectivity index (χ3v) is 6.52. The van der Waals surface area contributed by atoms with Crippen molar-refractivity contribution in [3.05, 3.63) is 53.2 Å². The van der Waals surface area contributed by atoms with Gasteiger partial charge in [0.05, 0.1) is 21.2 Å². The van der Waals surface area contributed by atoms with Crippen molar-refractivity contribution in [2.45, 2.75) is 11.8 Å². The van der Waals surface area contributed by atoms with Gasteiger partial charge in [0.1, 0.15) is 11.6 Å². The summed E-state index contributed by atoms with van der Waals surface area (Å²) in [7, 11) is -3.47. The van der Waals surface area contributed by atoms with Crippen LogP contribution in [0.4, 0.5) is 10.1 Å². The molecule has 1 heterocycles. The summed E-state index contributed by atoms with van der Waals surface area (Å²) in [6.07, 6.45) is 0. The van der Waals surface area contributed by atoms with Crippen LogP contribution in [0.3, 0.4) is 0 Å². The highest BCUT2D eigenvalue weighted by atomic mass is 32.2. The number of carbonyl (C=O) groups excluding carboxylic acids is 1. The summed E-state index contributed by atoms with van der Waals surface area (Å²) >= 11 is 1.11. The van der Waals surface area contributed by atoms with Gasteiger partial charge in [0.2, 0.25) is 0 Å². The zero-order chi connectivity index (χ0) is 18.2. The monoisotopic (exact) mass is 379 g/mol. The van der Waals surface area contributed by atoms with Crippen molar-refractivity contribution in [1.82, 2.24) is 0 Å². The second kappa shape index (κ2) is 6.45. The number of fused-ring (bicyclic) bond motifs is 1. The maximum absolute atomic E-state index is 13.7. The number of phenols is 1. The van der Waals surface area contributed by atoms with Gasteiger partial charge in [-0.3, -0.25) is 4.79 Å². The first kappa shape index (κ1) is 17.4. The molecule has 8 heteroatoms. The lowest BCUT2D eigenvalue weighted by Crippen LogP contribution is -2.11. The quantitative estimate of drug-likeness (QED) is 0.676. The lowest BCUT2D eigenvalue weighted by atomic mass is 10.2. The van der Waals surface area contributed by atoms with E-state index in [0.717, 1.165) is 11.3 Å². The van der Waals surface area contributed by atoms with Gasteiger partial charge in [0, 0.05) is 10.1 Å². The van der Waals surface area contributed by atoms with Crippen molar-refractivity contribution in [2.75, 3.05) is 11.1 Å². The van der Waals surface area contributed by atoms with E-state index in [1.807, 2.05) is 0 Å². The summed E-state index contributed by atoms with van der Waals surface area (Å²) in [6.45, 7) is 1.51. The summed E-state index contributed by atoms with van der Waals surface area (Å²) in [5.41, 5.74) is -0.0162. The molecule has 1 amide bonds. The number of benzene rings is 2. The molecule has 3 aromatic rings. The average molecular weight is 379 g/mol. The molecule has 1 aromatic heterocycles. The molecule has 130 valence electrons. The Kier molecular flexibility index (Phi) is 4.49. The third-order valence-electron chi connectivity index (χ3n) is 3.69. The average Bonchev–Trinajstić information content (AvgIpc) is 3.02. The van der Waals surface area contributed by atoms with Gasteiger partial charge < -0.3 is 10.4 Å². The van der Waals surface area contributed by atoms with Crippen LogP contribution in [0.25, 0.3) is 10.1 Å². The molecule has 3 rings (SSSR count). The number of hydrogen-bond donors (Lipinski definition) is 2.